The summed E-state index contributed by atoms with van der Waals surface area (Å²) in [6.45, 7) is 2.29. The van der Waals surface area contributed by atoms with Crippen molar-refractivity contribution in [3.8, 4) is 11.5 Å². The summed E-state index contributed by atoms with van der Waals surface area (Å²) in [5.74, 6) is 1.79. The number of piperazine rings is 1. The van der Waals surface area contributed by atoms with Crippen molar-refractivity contribution in [1.82, 2.24) is 9.80 Å². The van der Waals surface area contributed by atoms with E-state index in [1.807, 2.05) is 28.0 Å². The summed E-state index contributed by atoms with van der Waals surface area (Å²) in [7, 11) is 0. The number of alkyl halides is 3. The van der Waals surface area contributed by atoms with E-state index in [0.29, 0.717) is 37.8 Å². The summed E-state index contributed by atoms with van der Waals surface area (Å²) in [6, 6.07) is 10.6. The largest absolute Gasteiger partial charge is 0.454 e. The van der Waals surface area contributed by atoms with Crippen molar-refractivity contribution in [3.63, 3.8) is 0 Å². The fraction of sp³-hybridized carbons (Fsp3) is 0.364. The van der Waals surface area contributed by atoms with Crippen molar-refractivity contribution >= 4 is 17.4 Å². The molecule has 2 fully saturated rings. The van der Waals surface area contributed by atoms with Gasteiger partial charge in [-0.15, -0.1) is 0 Å². The van der Waals surface area contributed by atoms with Gasteiger partial charge in [0.2, 0.25) is 5.91 Å². The number of hydrogen-bond acceptors (Lipinski definition) is 4. The lowest BCUT2D eigenvalue weighted by Gasteiger charge is -2.36. The summed E-state index contributed by atoms with van der Waals surface area (Å²) < 4.78 is 45.6. The Labute approximate surface area is 171 Å². The SMILES string of the molecule is O=C(C1CC1)N1CCN(C2=Nc3cc(C(F)(F)F)ccc3Oc3ccccc32)CC1. The van der Waals surface area contributed by atoms with Gasteiger partial charge in [0.15, 0.2) is 5.75 Å². The lowest BCUT2D eigenvalue weighted by Crippen LogP contribution is -2.51. The second kappa shape index (κ2) is 7.04. The van der Waals surface area contributed by atoms with Crippen molar-refractivity contribution in [2.45, 2.75) is 19.0 Å². The third-order valence-electron chi connectivity index (χ3n) is 5.68. The zero-order valence-corrected chi connectivity index (χ0v) is 16.2. The Morgan fingerprint density at radius 3 is 2.43 bits per heavy atom. The highest BCUT2D eigenvalue weighted by molar-refractivity contribution is 6.04. The fourth-order valence-electron chi connectivity index (χ4n) is 3.87. The number of hydrogen-bond donors (Lipinski definition) is 0. The van der Waals surface area contributed by atoms with Gasteiger partial charge in [0.1, 0.15) is 17.3 Å². The molecule has 0 N–H and O–H groups in total. The Hall–Kier alpha value is -3.03. The highest BCUT2D eigenvalue weighted by atomic mass is 19.4. The van der Waals surface area contributed by atoms with E-state index in [1.165, 1.54) is 6.07 Å². The van der Waals surface area contributed by atoms with Gasteiger partial charge in [-0.3, -0.25) is 4.79 Å². The fourth-order valence-corrected chi connectivity index (χ4v) is 3.87. The van der Waals surface area contributed by atoms with Crippen LogP contribution in [0.4, 0.5) is 18.9 Å². The lowest BCUT2D eigenvalue weighted by atomic mass is 10.1. The first-order chi connectivity index (χ1) is 14.4. The number of rotatable bonds is 1. The molecule has 2 aromatic rings. The van der Waals surface area contributed by atoms with Crippen LogP contribution in [0.25, 0.3) is 0 Å². The summed E-state index contributed by atoms with van der Waals surface area (Å²) in [5, 5.41) is 0. The summed E-state index contributed by atoms with van der Waals surface area (Å²) >= 11 is 0. The maximum Gasteiger partial charge on any atom is 0.416 e. The topological polar surface area (TPSA) is 45.1 Å². The van der Waals surface area contributed by atoms with E-state index >= 15 is 0 Å². The predicted molar refractivity (Wildman–Crippen MR) is 105 cm³/mol. The molecule has 1 aliphatic carbocycles. The van der Waals surface area contributed by atoms with Crippen LogP contribution >= 0.6 is 0 Å². The first kappa shape index (κ1) is 19.0. The van der Waals surface area contributed by atoms with E-state index in [0.717, 1.165) is 30.5 Å². The van der Waals surface area contributed by atoms with E-state index in [4.69, 9.17) is 4.74 Å². The predicted octanol–water partition coefficient (Wildman–Crippen LogP) is 4.44. The minimum Gasteiger partial charge on any atom is -0.454 e. The number of halogens is 3. The van der Waals surface area contributed by atoms with Gasteiger partial charge in [0, 0.05) is 32.1 Å². The minimum atomic E-state index is -4.46. The molecule has 156 valence electrons. The normalized spacial score (nSPS) is 18.7. The van der Waals surface area contributed by atoms with Crippen molar-refractivity contribution < 1.29 is 22.7 Å². The Balaban J connectivity index is 1.49. The number of carbonyl (C=O) groups is 1. The van der Waals surface area contributed by atoms with Gasteiger partial charge in [-0.2, -0.15) is 13.2 Å². The Bertz CT molecular complexity index is 1020. The quantitative estimate of drug-likeness (QED) is 0.692. The molecule has 1 saturated heterocycles. The average Bonchev–Trinajstić information content (AvgIpc) is 3.58. The van der Waals surface area contributed by atoms with Crippen LogP contribution in [0.2, 0.25) is 0 Å². The Morgan fingerprint density at radius 1 is 1.00 bits per heavy atom. The number of carbonyl (C=O) groups excluding carboxylic acids is 1. The molecule has 0 aromatic heterocycles. The van der Waals surface area contributed by atoms with E-state index in [9.17, 15) is 18.0 Å². The van der Waals surface area contributed by atoms with Gasteiger partial charge >= 0.3 is 6.18 Å². The molecule has 0 spiro atoms. The third-order valence-corrected chi connectivity index (χ3v) is 5.68. The third kappa shape index (κ3) is 3.51. The lowest BCUT2D eigenvalue weighted by molar-refractivity contribution is -0.137. The van der Waals surface area contributed by atoms with Gasteiger partial charge in [0.05, 0.1) is 11.1 Å². The van der Waals surface area contributed by atoms with E-state index in [2.05, 4.69) is 4.99 Å². The van der Waals surface area contributed by atoms with E-state index < -0.39 is 11.7 Å². The van der Waals surface area contributed by atoms with Crippen molar-refractivity contribution in [1.29, 1.82) is 0 Å². The molecule has 2 aromatic carbocycles. The minimum absolute atomic E-state index is 0.146. The Morgan fingerprint density at radius 2 is 1.73 bits per heavy atom. The monoisotopic (exact) mass is 415 g/mol. The molecule has 0 radical (unpaired) electrons. The molecule has 5 rings (SSSR count). The van der Waals surface area contributed by atoms with Crippen LogP contribution in [0, 0.1) is 5.92 Å². The van der Waals surface area contributed by atoms with E-state index in [-0.39, 0.29) is 23.3 Å². The molecule has 3 aliphatic rings. The van der Waals surface area contributed by atoms with Gasteiger partial charge < -0.3 is 14.5 Å². The van der Waals surface area contributed by atoms with Gasteiger partial charge in [-0.25, -0.2) is 4.99 Å². The van der Waals surface area contributed by atoms with Gasteiger partial charge in [-0.05, 0) is 43.2 Å². The number of benzene rings is 2. The average molecular weight is 415 g/mol. The number of amidine groups is 1. The standard InChI is InChI=1S/C22H20F3N3O2/c23-22(24,25)15-7-8-19-17(13-15)26-20(16-3-1-2-4-18(16)30-19)27-9-11-28(12-10-27)21(29)14-5-6-14/h1-4,7-8,13-14H,5-6,9-12H2. The van der Waals surface area contributed by atoms with Gasteiger partial charge in [-0.1, -0.05) is 12.1 Å². The zero-order valence-electron chi connectivity index (χ0n) is 16.2. The smallest absolute Gasteiger partial charge is 0.416 e. The number of amides is 1. The number of ether oxygens (including phenoxy) is 1. The molecule has 2 heterocycles. The molecule has 0 bridgehead atoms. The summed E-state index contributed by atoms with van der Waals surface area (Å²) in [4.78, 5) is 20.9. The molecular weight excluding hydrogens is 395 g/mol. The number of aliphatic imine (C=N–C) groups is 1. The van der Waals surface area contributed by atoms with Crippen molar-refractivity contribution in [2.24, 2.45) is 10.9 Å². The van der Waals surface area contributed by atoms with Gasteiger partial charge in [0.25, 0.3) is 0 Å². The first-order valence-corrected chi connectivity index (χ1v) is 10.0. The molecule has 0 unspecified atom stereocenters. The van der Waals surface area contributed by atoms with Crippen LogP contribution in [-0.4, -0.2) is 47.7 Å². The van der Waals surface area contributed by atoms with Crippen LogP contribution in [0.3, 0.4) is 0 Å². The zero-order chi connectivity index (χ0) is 20.9. The number of fused-ring (bicyclic) bond motifs is 2. The molecule has 1 saturated carbocycles. The second-order valence-electron chi connectivity index (χ2n) is 7.80. The van der Waals surface area contributed by atoms with Crippen LogP contribution in [0.1, 0.15) is 24.0 Å². The molecule has 1 amide bonds. The second-order valence-corrected chi connectivity index (χ2v) is 7.80. The highest BCUT2D eigenvalue weighted by Crippen LogP contribution is 2.42. The van der Waals surface area contributed by atoms with Crippen molar-refractivity contribution in [2.75, 3.05) is 26.2 Å². The summed E-state index contributed by atoms with van der Waals surface area (Å²) in [5.41, 5.74) is 0.107. The van der Waals surface area contributed by atoms with Crippen LogP contribution in [0.5, 0.6) is 11.5 Å². The first-order valence-electron chi connectivity index (χ1n) is 10.0. The molecule has 5 nitrogen and oxygen atoms in total. The molecule has 2 aliphatic heterocycles. The maximum absolute atomic E-state index is 13.2. The van der Waals surface area contributed by atoms with Crippen LogP contribution in [-0.2, 0) is 11.0 Å². The molecule has 0 atom stereocenters. The molecule has 8 heteroatoms. The van der Waals surface area contributed by atoms with Crippen LogP contribution in [0.15, 0.2) is 47.5 Å². The molecule has 30 heavy (non-hydrogen) atoms. The summed E-state index contributed by atoms with van der Waals surface area (Å²) in [6.07, 6.45) is -2.53. The molecular formula is C22H20F3N3O2. The highest BCUT2D eigenvalue weighted by Gasteiger charge is 2.36. The maximum atomic E-state index is 13.2. The van der Waals surface area contributed by atoms with Crippen molar-refractivity contribution in [3.05, 3.63) is 53.6 Å². The Kier molecular flexibility index (Phi) is 4.45. The van der Waals surface area contributed by atoms with E-state index in [1.54, 1.807) is 6.07 Å². The van der Waals surface area contributed by atoms with Crippen LogP contribution < -0.4 is 4.74 Å². The number of nitrogens with zero attached hydrogens (tertiary/aromatic N) is 3. The number of para-hydroxylation sites is 1.